The zero-order chi connectivity index (χ0) is 17.6. The third-order valence-electron chi connectivity index (χ3n) is 3.93. The van der Waals surface area contributed by atoms with Gasteiger partial charge in [0, 0.05) is 19.0 Å². The van der Waals surface area contributed by atoms with Crippen molar-refractivity contribution in [2.24, 2.45) is 0 Å². The highest BCUT2D eigenvalue weighted by atomic mass is 16.6. The van der Waals surface area contributed by atoms with Crippen molar-refractivity contribution in [2.75, 3.05) is 6.54 Å². The molecule has 5 nitrogen and oxygen atoms in total. The Hall–Kier alpha value is -2.04. The van der Waals surface area contributed by atoms with Crippen LogP contribution in [0.1, 0.15) is 52.0 Å². The molecule has 0 aromatic heterocycles. The van der Waals surface area contributed by atoms with E-state index in [1.165, 1.54) is 0 Å². The van der Waals surface area contributed by atoms with Crippen LogP contribution >= 0.6 is 0 Å². The van der Waals surface area contributed by atoms with E-state index in [0.717, 1.165) is 18.4 Å². The van der Waals surface area contributed by atoms with Crippen LogP contribution < -0.4 is 0 Å². The Balaban J connectivity index is 1.76. The van der Waals surface area contributed by atoms with Crippen LogP contribution in [0.15, 0.2) is 30.3 Å². The van der Waals surface area contributed by atoms with Crippen molar-refractivity contribution in [1.29, 1.82) is 0 Å². The van der Waals surface area contributed by atoms with E-state index in [0.29, 0.717) is 26.0 Å². The maximum Gasteiger partial charge on any atom is 0.410 e. The topological polar surface area (TPSA) is 55.8 Å². The van der Waals surface area contributed by atoms with E-state index in [2.05, 4.69) is 0 Å². The van der Waals surface area contributed by atoms with Gasteiger partial charge in [-0.1, -0.05) is 30.3 Å². The molecule has 1 atom stereocenters. The Bertz CT molecular complexity index is 550. The molecule has 0 spiro atoms. The second kappa shape index (κ2) is 8.18. The number of likely N-dealkylation sites (tertiary alicyclic amines) is 1. The Morgan fingerprint density at radius 1 is 1.21 bits per heavy atom. The highest BCUT2D eigenvalue weighted by Gasteiger charge is 2.32. The second-order valence-electron chi connectivity index (χ2n) is 7.15. The molecule has 1 aliphatic heterocycles. The van der Waals surface area contributed by atoms with Crippen LogP contribution in [-0.4, -0.2) is 35.2 Å². The number of esters is 1. The fraction of sp³-hybridized carbons (Fsp3) is 0.579. The number of hydrogen-bond donors (Lipinski definition) is 0. The first-order chi connectivity index (χ1) is 11.3. The summed E-state index contributed by atoms with van der Waals surface area (Å²) in [5.41, 5.74) is 0.473. The van der Waals surface area contributed by atoms with Crippen molar-refractivity contribution < 1.29 is 19.1 Å². The third kappa shape index (κ3) is 5.87. The summed E-state index contributed by atoms with van der Waals surface area (Å²) in [6.07, 6.45) is 2.50. The van der Waals surface area contributed by atoms with Gasteiger partial charge in [0.1, 0.15) is 12.2 Å². The predicted molar refractivity (Wildman–Crippen MR) is 91.4 cm³/mol. The van der Waals surface area contributed by atoms with Gasteiger partial charge in [-0.2, -0.15) is 0 Å². The van der Waals surface area contributed by atoms with Crippen molar-refractivity contribution in [3.8, 4) is 0 Å². The first-order valence-corrected chi connectivity index (χ1v) is 8.54. The monoisotopic (exact) mass is 333 g/mol. The molecular weight excluding hydrogens is 306 g/mol. The molecule has 24 heavy (non-hydrogen) atoms. The average Bonchev–Trinajstić information content (AvgIpc) is 2.99. The van der Waals surface area contributed by atoms with Crippen LogP contribution in [0.2, 0.25) is 0 Å². The van der Waals surface area contributed by atoms with E-state index in [9.17, 15) is 9.59 Å². The minimum atomic E-state index is -0.501. The van der Waals surface area contributed by atoms with Gasteiger partial charge in [0.2, 0.25) is 0 Å². The zero-order valence-electron chi connectivity index (χ0n) is 14.8. The Morgan fingerprint density at radius 2 is 1.92 bits per heavy atom. The van der Waals surface area contributed by atoms with Crippen molar-refractivity contribution in [3.63, 3.8) is 0 Å². The van der Waals surface area contributed by atoms with Crippen LogP contribution in [0.5, 0.6) is 0 Å². The van der Waals surface area contributed by atoms with Crippen molar-refractivity contribution in [2.45, 2.75) is 64.7 Å². The van der Waals surface area contributed by atoms with Crippen molar-refractivity contribution in [3.05, 3.63) is 35.9 Å². The third-order valence-corrected chi connectivity index (χ3v) is 3.93. The largest absolute Gasteiger partial charge is 0.461 e. The van der Waals surface area contributed by atoms with Crippen LogP contribution in [0.25, 0.3) is 0 Å². The second-order valence-corrected chi connectivity index (χ2v) is 7.15. The van der Waals surface area contributed by atoms with Crippen LogP contribution in [0, 0.1) is 0 Å². The quantitative estimate of drug-likeness (QED) is 0.767. The standard InChI is InChI=1S/C19H27NO4/c1-19(2,3)24-18(22)20-13-7-10-16(20)11-12-17(21)23-14-15-8-5-4-6-9-15/h4-6,8-9,16H,7,10-14H2,1-3H3/t16-/m0/s1. The fourth-order valence-corrected chi connectivity index (χ4v) is 2.79. The lowest BCUT2D eigenvalue weighted by molar-refractivity contribution is -0.145. The van der Waals surface area contributed by atoms with Crippen molar-refractivity contribution >= 4 is 12.1 Å². The average molecular weight is 333 g/mol. The summed E-state index contributed by atoms with van der Waals surface area (Å²) in [5.74, 6) is -0.227. The molecule has 5 heteroatoms. The van der Waals surface area contributed by atoms with Gasteiger partial charge < -0.3 is 14.4 Å². The Kier molecular flexibility index (Phi) is 6.23. The van der Waals surface area contributed by atoms with Gasteiger partial charge in [0.05, 0.1) is 0 Å². The maximum atomic E-state index is 12.2. The van der Waals surface area contributed by atoms with Crippen LogP contribution in [0.3, 0.4) is 0 Å². The van der Waals surface area contributed by atoms with E-state index >= 15 is 0 Å². The molecular formula is C19H27NO4. The Labute approximate surface area is 143 Å². The Morgan fingerprint density at radius 3 is 2.58 bits per heavy atom. The first kappa shape index (κ1) is 18.3. The summed E-state index contributed by atoms with van der Waals surface area (Å²) in [4.78, 5) is 25.9. The summed E-state index contributed by atoms with van der Waals surface area (Å²) >= 11 is 0. The van der Waals surface area contributed by atoms with Gasteiger partial charge >= 0.3 is 12.1 Å². The lowest BCUT2D eigenvalue weighted by Gasteiger charge is -2.28. The molecule has 1 aromatic rings. The van der Waals surface area contributed by atoms with Gasteiger partial charge in [-0.05, 0) is 45.6 Å². The lowest BCUT2D eigenvalue weighted by atomic mass is 10.1. The molecule has 1 aliphatic rings. The number of rotatable bonds is 5. The number of ether oxygens (including phenoxy) is 2. The predicted octanol–water partition coefficient (Wildman–Crippen LogP) is 3.91. The number of hydrogen-bond acceptors (Lipinski definition) is 4. The highest BCUT2D eigenvalue weighted by Crippen LogP contribution is 2.24. The summed E-state index contributed by atoms with van der Waals surface area (Å²) < 4.78 is 10.7. The molecule has 2 rings (SSSR count). The van der Waals surface area contributed by atoms with E-state index in [-0.39, 0.29) is 18.1 Å². The molecule has 1 aromatic carbocycles. The molecule has 0 radical (unpaired) electrons. The van der Waals surface area contributed by atoms with E-state index in [1.807, 2.05) is 51.1 Å². The van der Waals surface area contributed by atoms with Gasteiger partial charge in [0.25, 0.3) is 0 Å². The van der Waals surface area contributed by atoms with Gasteiger partial charge in [0.15, 0.2) is 0 Å². The molecule has 1 heterocycles. The van der Waals surface area contributed by atoms with E-state index in [4.69, 9.17) is 9.47 Å². The molecule has 0 saturated carbocycles. The highest BCUT2D eigenvalue weighted by molar-refractivity contribution is 5.70. The number of nitrogens with zero attached hydrogens (tertiary/aromatic N) is 1. The molecule has 0 aliphatic carbocycles. The molecule has 1 fully saturated rings. The summed E-state index contributed by atoms with van der Waals surface area (Å²) in [6, 6.07) is 9.67. The smallest absolute Gasteiger partial charge is 0.410 e. The van der Waals surface area contributed by atoms with E-state index in [1.54, 1.807) is 4.90 Å². The number of carbonyl (C=O) groups is 2. The molecule has 0 N–H and O–H groups in total. The molecule has 1 saturated heterocycles. The van der Waals surface area contributed by atoms with Crippen molar-refractivity contribution in [1.82, 2.24) is 4.90 Å². The summed E-state index contributed by atoms with van der Waals surface area (Å²) in [7, 11) is 0. The number of benzene rings is 1. The van der Waals surface area contributed by atoms with Crippen LogP contribution in [-0.2, 0) is 20.9 Å². The maximum absolute atomic E-state index is 12.2. The summed E-state index contributed by atoms with van der Waals surface area (Å²) in [5, 5.41) is 0. The van der Waals surface area contributed by atoms with Gasteiger partial charge in [-0.25, -0.2) is 4.79 Å². The minimum absolute atomic E-state index is 0.0594. The lowest BCUT2D eigenvalue weighted by Crippen LogP contribution is -2.40. The normalized spacial score (nSPS) is 17.6. The first-order valence-electron chi connectivity index (χ1n) is 8.54. The summed E-state index contributed by atoms with van der Waals surface area (Å²) in [6.45, 7) is 6.56. The van der Waals surface area contributed by atoms with Gasteiger partial charge in [-0.3, -0.25) is 4.79 Å². The number of carbonyl (C=O) groups excluding carboxylic acids is 2. The fourth-order valence-electron chi connectivity index (χ4n) is 2.79. The SMILES string of the molecule is CC(C)(C)OC(=O)N1CCC[C@H]1CCC(=O)OCc1ccccc1. The van der Waals surface area contributed by atoms with Gasteiger partial charge in [-0.15, -0.1) is 0 Å². The molecule has 1 amide bonds. The van der Waals surface area contributed by atoms with E-state index < -0.39 is 5.60 Å². The minimum Gasteiger partial charge on any atom is -0.461 e. The molecule has 132 valence electrons. The number of amides is 1. The zero-order valence-corrected chi connectivity index (χ0v) is 14.8. The van der Waals surface area contributed by atoms with Crippen LogP contribution in [0.4, 0.5) is 4.79 Å². The molecule has 0 unspecified atom stereocenters. The molecule has 0 bridgehead atoms.